The van der Waals surface area contributed by atoms with Gasteiger partial charge in [0.05, 0.1) is 5.69 Å². The van der Waals surface area contributed by atoms with Gasteiger partial charge in [-0.3, -0.25) is 9.59 Å². The molecule has 4 amide bonds. The van der Waals surface area contributed by atoms with E-state index in [1.54, 1.807) is 11.0 Å². The van der Waals surface area contributed by atoms with E-state index in [1.165, 1.54) is 6.07 Å². The van der Waals surface area contributed by atoms with Crippen LogP contribution in [0.3, 0.4) is 0 Å². The number of urea groups is 1. The lowest BCUT2D eigenvalue weighted by molar-refractivity contribution is -0.130. The fraction of sp³-hybridized carbons (Fsp3) is 0.526. The lowest BCUT2D eigenvalue weighted by Gasteiger charge is -2.36. The molecule has 0 unspecified atom stereocenters. The zero-order valence-corrected chi connectivity index (χ0v) is 15.1. The fourth-order valence-electron chi connectivity index (χ4n) is 4.20. The molecule has 0 saturated carbocycles. The Bertz CT molecular complexity index is 789. The van der Waals surface area contributed by atoms with E-state index < -0.39 is 5.82 Å². The van der Waals surface area contributed by atoms with Gasteiger partial charge in [0.25, 0.3) is 5.91 Å². The summed E-state index contributed by atoms with van der Waals surface area (Å²) in [5.41, 5.74) is 0.779. The SMILES string of the molecule is O=C1NCCc2c1ccc(NC(=O)N1CCC(N3CCCC3=O)CC1)c2F. The third kappa shape index (κ3) is 3.36. The molecule has 2 fully saturated rings. The molecule has 8 heteroatoms. The van der Waals surface area contributed by atoms with E-state index in [-0.39, 0.29) is 29.6 Å². The van der Waals surface area contributed by atoms with Gasteiger partial charge in [-0.05, 0) is 37.8 Å². The molecule has 27 heavy (non-hydrogen) atoms. The highest BCUT2D eigenvalue weighted by Crippen LogP contribution is 2.26. The average molecular weight is 374 g/mol. The van der Waals surface area contributed by atoms with Crippen molar-refractivity contribution in [3.63, 3.8) is 0 Å². The first-order valence-electron chi connectivity index (χ1n) is 9.49. The van der Waals surface area contributed by atoms with Crippen LogP contribution in [0.5, 0.6) is 0 Å². The minimum Gasteiger partial charge on any atom is -0.352 e. The average Bonchev–Trinajstić information content (AvgIpc) is 3.10. The van der Waals surface area contributed by atoms with Crippen LogP contribution in [0, 0.1) is 5.82 Å². The Labute approximate surface area is 156 Å². The van der Waals surface area contributed by atoms with Gasteiger partial charge in [-0.25, -0.2) is 9.18 Å². The van der Waals surface area contributed by atoms with Crippen LogP contribution in [-0.2, 0) is 11.2 Å². The number of amides is 4. The van der Waals surface area contributed by atoms with Gasteiger partial charge in [0.1, 0.15) is 0 Å². The second-order valence-corrected chi connectivity index (χ2v) is 7.30. The van der Waals surface area contributed by atoms with Crippen LogP contribution < -0.4 is 10.6 Å². The number of carbonyl (C=O) groups excluding carboxylic acids is 3. The van der Waals surface area contributed by atoms with Gasteiger partial charge in [0.15, 0.2) is 5.82 Å². The first-order chi connectivity index (χ1) is 13.0. The Kier molecular flexibility index (Phi) is 4.72. The van der Waals surface area contributed by atoms with E-state index in [0.717, 1.165) is 25.8 Å². The number of halogens is 1. The number of likely N-dealkylation sites (tertiary alicyclic amines) is 2. The van der Waals surface area contributed by atoms with E-state index in [4.69, 9.17) is 0 Å². The molecule has 4 rings (SSSR count). The highest BCUT2D eigenvalue weighted by molar-refractivity contribution is 5.98. The minimum atomic E-state index is -0.534. The molecule has 0 radical (unpaired) electrons. The first-order valence-corrected chi connectivity index (χ1v) is 9.49. The summed E-state index contributed by atoms with van der Waals surface area (Å²) in [7, 11) is 0. The molecule has 144 valence electrons. The van der Waals surface area contributed by atoms with E-state index in [9.17, 15) is 18.8 Å². The summed E-state index contributed by atoms with van der Waals surface area (Å²) in [6, 6.07) is 2.84. The van der Waals surface area contributed by atoms with E-state index in [0.29, 0.717) is 43.6 Å². The summed E-state index contributed by atoms with van der Waals surface area (Å²) in [5, 5.41) is 5.32. The summed E-state index contributed by atoms with van der Waals surface area (Å²) in [6.07, 6.45) is 3.43. The summed E-state index contributed by atoms with van der Waals surface area (Å²) < 4.78 is 14.7. The maximum absolute atomic E-state index is 14.7. The highest BCUT2D eigenvalue weighted by Gasteiger charge is 2.32. The third-order valence-corrected chi connectivity index (χ3v) is 5.69. The molecule has 0 bridgehead atoms. The van der Waals surface area contributed by atoms with Crippen LogP contribution in [0.15, 0.2) is 12.1 Å². The minimum absolute atomic E-state index is 0.102. The van der Waals surface area contributed by atoms with Crippen molar-refractivity contribution in [2.24, 2.45) is 0 Å². The third-order valence-electron chi connectivity index (χ3n) is 5.69. The summed E-state index contributed by atoms with van der Waals surface area (Å²) in [6.45, 7) is 2.27. The molecular weight excluding hydrogens is 351 g/mol. The molecule has 0 atom stereocenters. The van der Waals surface area contributed by atoms with E-state index in [1.807, 2.05) is 4.90 Å². The molecule has 2 N–H and O–H groups in total. The number of carbonyl (C=O) groups is 3. The molecule has 3 aliphatic rings. The van der Waals surface area contributed by atoms with Gasteiger partial charge in [0, 0.05) is 49.8 Å². The predicted molar refractivity (Wildman–Crippen MR) is 97.0 cm³/mol. The van der Waals surface area contributed by atoms with Gasteiger partial charge in [-0.1, -0.05) is 0 Å². The molecule has 2 saturated heterocycles. The normalized spacial score (nSPS) is 20.5. The second kappa shape index (κ2) is 7.17. The summed E-state index contributed by atoms with van der Waals surface area (Å²) in [5.74, 6) is -0.613. The standard InChI is InChI=1S/C19H23FN4O3/c20-17-13-5-8-21-18(26)14(13)3-4-15(17)22-19(27)23-10-6-12(7-11-23)24-9-1-2-16(24)25/h3-4,12H,1-2,5-11H2,(H,21,26)(H,22,27). The number of rotatable bonds is 2. The van der Waals surface area contributed by atoms with Crippen molar-refractivity contribution in [2.75, 3.05) is 31.5 Å². The quantitative estimate of drug-likeness (QED) is 0.827. The number of hydrogen-bond donors (Lipinski definition) is 2. The molecule has 0 aromatic heterocycles. The number of hydrogen-bond acceptors (Lipinski definition) is 3. The zero-order chi connectivity index (χ0) is 19.0. The smallest absolute Gasteiger partial charge is 0.321 e. The molecular formula is C19H23FN4O3. The largest absolute Gasteiger partial charge is 0.352 e. The Balaban J connectivity index is 1.39. The Morgan fingerprint density at radius 1 is 1.15 bits per heavy atom. The number of nitrogens with one attached hydrogen (secondary N) is 2. The lowest BCUT2D eigenvalue weighted by atomic mass is 9.99. The van der Waals surface area contributed by atoms with Crippen molar-refractivity contribution in [1.82, 2.24) is 15.1 Å². The van der Waals surface area contributed by atoms with Gasteiger partial charge in [-0.15, -0.1) is 0 Å². The van der Waals surface area contributed by atoms with Crippen molar-refractivity contribution in [3.05, 3.63) is 29.1 Å². The Hall–Kier alpha value is -2.64. The van der Waals surface area contributed by atoms with Gasteiger partial charge in [-0.2, -0.15) is 0 Å². The summed E-state index contributed by atoms with van der Waals surface area (Å²) in [4.78, 5) is 39.8. The number of anilines is 1. The fourth-order valence-corrected chi connectivity index (χ4v) is 4.20. The topological polar surface area (TPSA) is 81.8 Å². The predicted octanol–water partition coefficient (Wildman–Crippen LogP) is 1.73. The first kappa shape index (κ1) is 17.8. The number of fused-ring (bicyclic) bond motifs is 1. The number of piperidine rings is 1. The van der Waals surface area contributed by atoms with Crippen LogP contribution >= 0.6 is 0 Å². The van der Waals surface area contributed by atoms with Gasteiger partial charge in [0.2, 0.25) is 5.91 Å². The van der Waals surface area contributed by atoms with Crippen LogP contribution in [0.1, 0.15) is 41.6 Å². The lowest BCUT2D eigenvalue weighted by Crippen LogP contribution is -2.48. The van der Waals surface area contributed by atoms with Gasteiger partial charge < -0.3 is 20.4 Å². The van der Waals surface area contributed by atoms with Crippen molar-refractivity contribution < 1.29 is 18.8 Å². The van der Waals surface area contributed by atoms with E-state index in [2.05, 4.69) is 10.6 Å². The monoisotopic (exact) mass is 374 g/mol. The maximum atomic E-state index is 14.7. The zero-order valence-electron chi connectivity index (χ0n) is 15.1. The second-order valence-electron chi connectivity index (χ2n) is 7.30. The van der Waals surface area contributed by atoms with Crippen molar-refractivity contribution in [2.45, 2.75) is 38.1 Å². The molecule has 0 aliphatic carbocycles. The van der Waals surface area contributed by atoms with E-state index >= 15 is 0 Å². The van der Waals surface area contributed by atoms with Crippen LogP contribution in [0.25, 0.3) is 0 Å². The molecule has 7 nitrogen and oxygen atoms in total. The molecule has 1 aromatic carbocycles. The number of benzene rings is 1. The number of nitrogens with zero attached hydrogens (tertiary/aromatic N) is 2. The molecule has 3 aliphatic heterocycles. The summed E-state index contributed by atoms with van der Waals surface area (Å²) >= 11 is 0. The van der Waals surface area contributed by atoms with Gasteiger partial charge >= 0.3 is 6.03 Å². The van der Waals surface area contributed by atoms with Crippen LogP contribution in [0.2, 0.25) is 0 Å². The molecule has 1 aromatic rings. The molecule has 0 spiro atoms. The Morgan fingerprint density at radius 3 is 2.63 bits per heavy atom. The highest BCUT2D eigenvalue weighted by atomic mass is 19.1. The van der Waals surface area contributed by atoms with Crippen molar-refractivity contribution in [1.29, 1.82) is 0 Å². The molecule has 3 heterocycles. The maximum Gasteiger partial charge on any atom is 0.321 e. The van der Waals surface area contributed by atoms with Crippen molar-refractivity contribution >= 4 is 23.5 Å². The van der Waals surface area contributed by atoms with Crippen LogP contribution in [0.4, 0.5) is 14.9 Å². The Morgan fingerprint density at radius 2 is 1.93 bits per heavy atom. The van der Waals surface area contributed by atoms with Crippen molar-refractivity contribution in [3.8, 4) is 0 Å². The van der Waals surface area contributed by atoms with Crippen LogP contribution in [-0.4, -0.2) is 59.9 Å².